The average Bonchev–Trinajstić information content (AvgIpc) is 2.92. The van der Waals surface area contributed by atoms with Gasteiger partial charge in [-0.1, -0.05) is 13.8 Å². The van der Waals surface area contributed by atoms with Gasteiger partial charge in [-0.15, -0.1) is 0 Å². The Morgan fingerprint density at radius 3 is 2.95 bits per heavy atom. The summed E-state index contributed by atoms with van der Waals surface area (Å²) in [5.41, 5.74) is -0.478. The van der Waals surface area contributed by atoms with Crippen molar-refractivity contribution in [1.82, 2.24) is 10.2 Å². The zero-order valence-electron chi connectivity index (χ0n) is 13.0. The zero-order valence-corrected chi connectivity index (χ0v) is 13.0. The predicted molar refractivity (Wildman–Crippen MR) is 77.7 cm³/mol. The number of morpholine rings is 1. The third-order valence-electron chi connectivity index (χ3n) is 4.72. The van der Waals surface area contributed by atoms with Crippen molar-refractivity contribution < 1.29 is 14.3 Å². The second kappa shape index (κ2) is 6.87. The lowest BCUT2D eigenvalue weighted by Gasteiger charge is -2.37. The Kier molecular flexibility index (Phi) is 5.41. The second-order valence-electron chi connectivity index (χ2n) is 5.90. The Morgan fingerprint density at radius 1 is 1.50 bits per heavy atom. The van der Waals surface area contributed by atoms with Crippen molar-refractivity contribution in [1.29, 1.82) is 0 Å². The first-order valence-electron chi connectivity index (χ1n) is 7.84. The molecule has 0 bridgehead atoms. The van der Waals surface area contributed by atoms with Crippen LogP contribution in [0, 0.1) is 0 Å². The van der Waals surface area contributed by atoms with Gasteiger partial charge in [-0.3, -0.25) is 9.69 Å². The van der Waals surface area contributed by atoms with Gasteiger partial charge in [-0.2, -0.15) is 0 Å². The minimum absolute atomic E-state index is 0.109. The lowest BCUT2D eigenvalue weighted by atomic mass is 9.97. The standard InChI is InChI=1S/C15H28N2O3/c1-4-13-11-17(8-9-20-13)12-6-7-15(10-12,16-5-2)14(18)19-3/h12-13,16H,4-11H2,1-3H3. The zero-order chi connectivity index (χ0) is 14.6. The lowest BCUT2D eigenvalue weighted by molar-refractivity contribution is -0.148. The van der Waals surface area contributed by atoms with E-state index in [2.05, 4.69) is 17.1 Å². The van der Waals surface area contributed by atoms with Crippen molar-refractivity contribution in [3.8, 4) is 0 Å². The molecule has 1 N–H and O–H groups in total. The van der Waals surface area contributed by atoms with Crippen LogP contribution in [0.1, 0.15) is 39.5 Å². The summed E-state index contributed by atoms with van der Waals surface area (Å²) in [6.45, 7) is 7.78. The van der Waals surface area contributed by atoms with Crippen LogP contribution in [0.15, 0.2) is 0 Å². The summed E-state index contributed by atoms with van der Waals surface area (Å²) in [5, 5.41) is 3.37. The van der Waals surface area contributed by atoms with E-state index in [1.807, 2.05) is 6.92 Å². The molecule has 116 valence electrons. The van der Waals surface area contributed by atoms with Gasteiger partial charge in [0.2, 0.25) is 0 Å². The van der Waals surface area contributed by atoms with Gasteiger partial charge >= 0.3 is 5.97 Å². The third kappa shape index (κ3) is 3.15. The number of methoxy groups -OCH3 is 1. The molecule has 0 aromatic carbocycles. The number of rotatable bonds is 5. The molecule has 0 amide bonds. The Balaban J connectivity index is 2.00. The molecule has 3 unspecified atom stereocenters. The molecule has 2 aliphatic rings. The fourth-order valence-electron chi connectivity index (χ4n) is 3.60. The first-order valence-corrected chi connectivity index (χ1v) is 7.84. The quantitative estimate of drug-likeness (QED) is 0.768. The van der Waals surface area contributed by atoms with E-state index in [1.54, 1.807) is 0 Å². The summed E-state index contributed by atoms with van der Waals surface area (Å²) in [6, 6.07) is 0.464. The molecule has 2 fully saturated rings. The Labute approximate surface area is 122 Å². The van der Waals surface area contributed by atoms with Crippen molar-refractivity contribution in [2.75, 3.05) is 33.4 Å². The molecule has 1 saturated heterocycles. The van der Waals surface area contributed by atoms with E-state index in [0.717, 1.165) is 51.9 Å². The van der Waals surface area contributed by atoms with Crippen LogP contribution in [-0.2, 0) is 14.3 Å². The molecule has 1 saturated carbocycles. The Morgan fingerprint density at radius 2 is 2.30 bits per heavy atom. The minimum Gasteiger partial charge on any atom is -0.468 e. The summed E-state index contributed by atoms with van der Waals surface area (Å²) in [7, 11) is 1.48. The number of hydrogen-bond acceptors (Lipinski definition) is 5. The smallest absolute Gasteiger partial charge is 0.326 e. The molecule has 0 aromatic rings. The minimum atomic E-state index is -0.478. The van der Waals surface area contributed by atoms with E-state index < -0.39 is 5.54 Å². The summed E-state index contributed by atoms with van der Waals surface area (Å²) in [4.78, 5) is 14.6. The van der Waals surface area contributed by atoms with Crippen molar-refractivity contribution in [3.63, 3.8) is 0 Å². The highest BCUT2D eigenvalue weighted by Crippen LogP contribution is 2.35. The van der Waals surface area contributed by atoms with Gasteiger partial charge in [0.1, 0.15) is 5.54 Å². The summed E-state index contributed by atoms with van der Waals surface area (Å²) >= 11 is 0. The van der Waals surface area contributed by atoms with Crippen molar-refractivity contribution >= 4 is 5.97 Å². The van der Waals surface area contributed by atoms with E-state index in [4.69, 9.17) is 9.47 Å². The molecule has 1 aliphatic heterocycles. The van der Waals surface area contributed by atoms with Crippen LogP contribution in [-0.4, -0.2) is 61.9 Å². The maximum atomic E-state index is 12.1. The number of ether oxygens (including phenoxy) is 2. The van der Waals surface area contributed by atoms with E-state index >= 15 is 0 Å². The highest BCUT2D eigenvalue weighted by Gasteiger charge is 2.47. The Bertz CT molecular complexity index is 337. The second-order valence-corrected chi connectivity index (χ2v) is 5.90. The molecular weight excluding hydrogens is 256 g/mol. The fraction of sp³-hybridized carbons (Fsp3) is 0.933. The topological polar surface area (TPSA) is 50.8 Å². The normalized spacial score (nSPS) is 35.1. The van der Waals surface area contributed by atoms with Crippen LogP contribution in [0.2, 0.25) is 0 Å². The SMILES string of the molecule is CCNC1(C(=O)OC)CCC(N2CCOC(CC)C2)C1. The van der Waals surface area contributed by atoms with Gasteiger partial charge in [0.05, 0.1) is 19.8 Å². The van der Waals surface area contributed by atoms with Gasteiger partial charge < -0.3 is 14.8 Å². The first kappa shape index (κ1) is 15.7. The summed E-state index contributed by atoms with van der Waals surface area (Å²) in [6.07, 6.45) is 4.17. The first-order chi connectivity index (χ1) is 9.65. The number of carbonyl (C=O) groups is 1. The number of esters is 1. The number of likely N-dealkylation sites (N-methyl/N-ethyl adjacent to an activating group) is 1. The largest absolute Gasteiger partial charge is 0.468 e. The molecule has 0 radical (unpaired) electrons. The van der Waals surface area contributed by atoms with Crippen LogP contribution in [0.5, 0.6) is 0 Å². The number of nitrogens with one attached hydrogen (secondary N) is 1. The van der Waals surface area contributed by atoms with Crippen LogP contribution >= 0.6 is 0 Å². The third-order valence-corrected chi connectivity index (χ3v) is 4.72. The van der Waals surface area contributed by atoms with Gasteiger partial charge in [-0.05, 0) is 32.2 Å². The molecule has 2 rings (SSSR count). The molecular formula is C15H28N2O3. The molecule has 5 nitrogen and oxygen atoms in total. The highest BCUT2D eigenvalue weighted by molar-refractivity contribution is 5.81. The van der Waals surface area contributed by atoms with Crippen LogP contribution in [0.4, 0.5) is 0 Å². The molecule has 0 spiro atoms. The lowest BCUT2D eigenvalue weighted by Crippen LogP contribution is -2.53. The van der Waals surface area contributed by atoms with Crippen molar-refractivity contribution in [2.45, 2.75) is 57.2 Å². The molecule has 1 aliphatic carbocycles. The molecule has 20 heavy (non-hydrogen) atoms. The van der Waals surface area contributed by atoms with Gasteiger partial charge in [-0.25, -0.2) is 0 Å². The predicted octanol–water partition coefficient (Wildman–Crippen LogP) is 1.17. The van der Waals surface area contributed by atoms with Crippen molar-refractivity contribution in [3.05, 3.63) is 0 Å². The molecule has 1 heterocycles. The fourth-order valence-corrected chi connectivity index (χ4v) is 3.60. The maximum absolute atomic E-state index is 12.1. The van der Waals surface area contributed by atoms with Gasteiger partial charge in [0.15, 0.2) is 0 Å². The van der Waals surface area contributed by atoms with E-state index in [9.17, 15) is 4.79 Å². The van der Waals surface area contributed by atoms with Gasteiger partial charge in [0.25, 0.3) is 0 Å². The van der Waals surface area contributed by atoms with Crippen molar-refractivity contribution in [2.24, 2.45) is 0 Å². The number of nitrogens with zero attached hydrogens (tertiary/aromatic N) is 1. The van der Waals surface area contributed by atoms with Crippen LogP contribution < -0.4 is 5.32 Å². The average molecular weight is 284 g/mol. The summed E-state index contributed by atoms with van der Waals surface area (Å²) < 4.78 is 10.8. The van der Waals surface area contributed by atoms with Gasteiger partial charge in [0, 0.05) is 19.1 Å². The number of carbonyl (C=O) groups excluding carboxylic acids is 1. The van der Waals surface area contributed by atoms with Crippen LogP contribution in [0.3, 0.4) is 0 Å². The molecule has 0 aromatic heterocycles. The Hall–Kier alpha value is -0.650. The van der Waals surface area contributed by atoms with E-state index in [0.29, 0.717) is 12.1 Å². The summed E-state index contributed by atoms with van der Waals surface area (Å²) in [5.74, 6) is -0.109. The van der Waals surface area contributed by atoms with E-state index in [1.165, 1.54) is 7.11 Å². The highest BCUT2D eigenvalue weighted by atomic mass is 16.5. The van der Waals surface area contributed by atoms with E-state index in [-0.39, 0.29) is 5.97 Å². The monoisotopic (exact) mass is 284 g/mol. The molecule has 3 atom stereocenters. The molecule has 5 heteroatoms. The number of hydrogen-bond donors (Lipinski definition) is 1. The maximum Gasteiger partial charge on any atom is 0.326 e. The van der Waals surface area contributed by atoms with Crippen LogP contribution in [0.25, 0.3) is 0 Å².